The smallest absolute Gasteiger partial charge is 0.236 e. The minimum absolute atomic E-state index is 0.133. The molecule has 0 aromatic heterocycles. The van der Waals surface area contributed by atoms with Crippen LogP contribution in [0.25, 0.3) is 10.8 Å². The number of hydrogen-bond acceptors (Lipinski definition) is 5. The number of unbranched alkanes of at least 4 members (excludes halogenated alkanes) is 1. The average molecular weight is 480 g/mol. The molecule has 0 bridgehead atoms. The maximum atomic E-state index is 13.1. The van der Waals surface area contributed by atoms with Crippen molar-refractivity contribution in [1.29, 1.82) is 0 Å². The average Bonchev–Trinajstić information content (AvgIpc) is 2.88. The van der Waals surface area contributed by atoms with Gasteiger partial charge in [-0.2, -0.15) is 0 Å². The summed E-state index contributed by atoms with van der Waals surface area (Å²) in [5, 5.41) is 2.19. The molecule has 0 saturated carbocycles. The first kappa shape index (κ1) is 24.1. The zero-order valence-corrected chi connectivity index (χ0v) is 19.9. The second-order valence-electron chi connectivity index (χ2n) is 8.50. The van der Waals surface area contributed by atoms with Gasteiger partial charge in [-0.25, -0.2) is 0 Å². The van der Waals surface area contributed by atoms with Crippen LogP contribution in [0.4, 0.5) is 0 Å². The van der Waals surface area contributed by atoms with Crippen molar-refractivity contribution in [3.63, 3.8) is 0 Å². The molecule has 6 nitrogen and oxygen atoms in total. The Morgan fingerprint density at radius 3 is 2.35 bits per heavy atom. The van der Waals surface area contributed by atoms with Crippen molar-refractivity contribution in [1.82, 2.24) is 0 Å². The second-order valence-corrected chi connectivity index (χ2v) is 10.3. The molecular formula is C27H29NO5S. The number of ketones is 1. The molecule has 1 saturated heterocycles. The molecule has 1 amide bonds. The molecular weight excluding hydrogens is 450 g/mol. The number of benzene rings is 3. The molecule has 34 heavy (non-hydrogen) atoms. The van der Waals surface area contributed by atoms with Crippen LogP contribution in [0.1, 0.15) is 42.5 Å². The van der Waals surface area contributed by atoms with E-state index in [1.54, 1.807) is 24.3 Å². The molecule has 0 aliphatic carbocycles. The molecule has 1 heterocycles. The Morgan fingerprint density at radius 1 is 0.941 bits per heavy atom. The summed E-state index contributed by atoms with van der Waals surface area (Å²) in [5.41, 5.74) is 6.35. The third kappa shape index (κ3) is 5.37. The van der Waals surface area contributed by atoms with Crippen LogP contribution in [0.3, 0.4) is 0 Å². The van der Waals surface area contributed by atoms with E-state index in [1.807, 2.05) is 42.5 Å². The second kappa shape index (κ2) is 10.9. The fraction of sp³-hybridized carbons (Fsp3) is 0.333. The van der Waals surface area contributed by atoms with Gasteiger partial charge in [0.25, 0.3) is 0 Å². The molecule has 178 valence electrons. The minimum Gasteiger partial charge on any atom is -0.494 e. The van der Waals surface area contributed by atoms with E-state index < -0.39 is 21.5 Å². The summed E-state index contributed by atoms with van der Waals surface area (Å²) in [6, 6.07) is 20.8. The predicted molar refractivity (Wildman–Crippen MR) is 132 cm³/mol. The number of ether oxygens (including phenoxy) is 2. The number of carbonyl (C=O) groups is 2. The summed E-state index contributed by atoms with van der Waals surface area (Å²) in [4.78, 5) is 25.1. The molecule has 1 aliphatic heterocycles. The van der Waals surface area contributed by atoms with Gasteiger partial charge in [0.2, 0.25) is 5.91 Å². The van der Waals surface area contributed by atoms with E-state index in [-0.39, 0.29) is 5.78 Å². The molecule has 1 fully saturated rings. The third-order valence-electron chi connectivity index (χ3n) is 6.28. The zero-order valence-electron chi connectivity index (χ0n) is 19.0. The Hall–Kier alpha value is -3.03. The number of amides is 1. The first-order valence-corrected chi connectivity index (χ1v) is 12.7. The van der Waals surface area contributed by atoms with Gasteiger partial charge in [-0.05, 0) is 66.8 Å². The van der Waals surface area contributed by atoms with Crippen molar-refractivity contribution in [2.45, 2.75) is 41.7 Å². The Morgan fingerprint density at radius 2 is 1.65 bits per heavy atom. The van der Waals surface area contributed by atoms with Crippen LogP contribution in [0.5, 0.6) is 5.75 Å². The van der Waals surface area contributed by atoms with Crippen molar-refractivity contribution in [3.8, 4) is 5.75 Å². The van der Waals surface area contributed by atoms with Crippen LogP contribution in [-0.2, 0) is 20.3 Å². The van der Waals surface area contributed by atoms with Gasteiger partial charge in [-0.15, -0.1) is 0 Å². The van der Waals surface area contributed by atoms with Gasteiger partial charge in [-0.1, -0.05) is 36.4 Å². The molecule has 0 radical (unpaired) electrons. The van der Waals surface area contributed by atoms with Crippen LogP contribution >= 0.6 is 0 Å². The molecule has 3 aromatic carbocycles. The highest BCUT2D eigenvalue weighted by atomic mass is 32.2. The summed E-state index contributed by atoms with van der Waals surface area (Å²) >= 11 is 0. The summed E-state index contributed by atoms with van der Waals surface area (Å²) in [6.45, 7) is 1.23. The molecule has 4 rings (SSSR count). The predicted octanol–water partition coefficient (Wildman–Crippen LogP) is 4.41. The van der Waals surface area contributed by atoms with Crippen LogP contribution in [0.2, 0.25) is 0 Å². The standard InChI is InChI=1S/C27H29NO5S/c28-26(30)27(14-17-32-18-15-27)34(31)24-12-10-23(11-13-24)33-16-4-3-7-25(29)22-9-8-20-5-1-2-6-21(20)19-22/h1-2,5-6,8-13,19H,3-4,7,14-18H2,(H2,28,30). The zero-order chi connectivity index (χ0) is 24.0. The number of hydrogen-bond donors (Lipinski definition) is 1. The van der Waals surface area contributed by atoms with E-state index >= 15 is 0 Å². The minimum atomic E-state index is -1.56. The Bertz CT molecular complexity index is 1190. The topological polar surface area (TPSA) is 95.7 Å². The van der Waals surface area contributed by atoms with Gasteiger partial charge in [0.15, 0.2) is 5.78 Å². The van der Waals surface area contributed by atoms with Crippen molar-refractivity contribution in [3.05, 3.63) is 72.3 Å². The van der Waals surface area contributed by atoms with Crippen LogP contribution < -0.4 is 10.5 Å². The maximum absolute atomic E-state index is 13.1. The Labute approximate surface area is 201 Å². The maximum Gasteiger partial charge on any atom is 0.236 e. The molecule has 1 aliphatic rings. The number of nitrogens with two attached hydrogens (primary N) is 1. The van der Waals surface area contributed by atoms with Crippen molar-refractivity contribution >= 4 is 33.3 Å². The van der Waals surface area contributed by atoms with E-state index in [0.29, 0.717) is 49.7 Å². The van der Waals surface area contributed by atoms with Gasteiger partial charge < -0.3 is 15.2 Å². The van der Waals surface area contributed by atoms with Gasteiger partial charge in [0.1, 0.15) is 10.5 Å². The summed E-state index contributed by atoms with van der Waals surface area (Å²) in [5.74, 6) is 0.239. The van der Waals surface area contributed by atoms with Crippen LogP contribution in [0.15, 0.2) is 71.6 Å². The lowest BCUT2D eigenvalue weighted by Crippen LogP contribution is -2.51. The fourth-order valence-corrected chi connectivity index (χ4v) is 5.75. The Balaban J connectivity index is 1.24. The van der Waals surface area contributed by atoms with Crippen molar-refractivity contribution in [2.24, 2.45) is 5.73 Å². The summed E-state index contributed by atoms with van der Waals surface area (Å²) < 4.78 is 23.1. The first-order valence-electron chi connectivity index (χ1n) is 11.5. The molecule has 1 unspecified atom stereocenters. The monoisotopic (exact) mass is 479 g/mol. The lowest BCUT2D eigenvalue weighted by molar-refractivity contribution is -0.122. The normalized spacial score (nSPS) is 16.1. The van der Waals surface area contributed by atoms with Crippen LogP contribution in [-0.4, -0.2) is 40.5 Å². The number of carbonyl (C=O) groups excluding carboxylic acids is 2. The van der Waals surface area contributed by atoms with Gasteiger partial charge >= 0.3 is 0 Å². The van der Waals surface area contributed by atoms with Gasteiger partial charge in [0.05, 0.1) is 17.4 Å². The van der Waals surface area contributed by atoms with Gasteiger partial charge in [-0.3, -0.25) is 13.8 Å². The van der Waals surface area contributed by atoms with E-state index in [4.69, 9.17) is 15.2 Å². The largest absolute Gasteiger partial charge is 0.494 e. The summed E-state index contributed by atoms with van der Waals surface area (Å²) in [6.07, 6.45) is 2.66. The molecule has 2 N–H and O–H groups in total. The van der Waals surface area contributed by atoms with Crippen molar-refractivity contribution < 1.29 is 23.3 Å². The number of rotatable bonds is 10. The number of fused-ring (bicyclic) bond motifs is 1. The highest BCUT2D eigenvalue weighted by Crippen LogP contribution is 2.32. The van der Waals surface area contributed by atoms with E-state index in [2.05, 4.69) is 0 Å². The SMILES string of the molecule is NC(=O)C1(S(=O)c2ccc(OCCCCC(=O)c3ccc4ccccc4c3)cc2)CCOCC1. The lowest BCUT2D eigenvalue weighted by Gasteiger charge is -2.33. The van der Waals surface area contributed by atoms with E-state index in [0.717, 1.165) is 29.2 Å². The molecule has 7 heteroatoms. The summed E-state index contributed by atoms with van der Waals surface area (Å²) in [7, 11) is -1.56. The molecule has 0 spiro atoms. The lowest BCUT2D eigenvalue weighted by atomic mass is 9.98. The Kier molecular flexibility index (Phi) is 7.75. The van der Waals surface area contributed by atoms with Crippen LogP contribution in [0, 0.1) is 0 Å². The highest BCUT2D eigenvalue weighted by Gasteiger charge is 2.45. The number of Topliss-reactive ketones (excluding diaryl/α,β-unsaturated/α-hetero) is 1. The molecule has 1 atom stereocenters. The van der Waals surface area contributed by atoms with E-state index in [1.165, 1.54) is 0 Å². The van der Waals surface area contributed by atoms with Gasteiger partial charge in [0, 0.05) is 30.1 Å². The highest BCUT2D eigenvalue weighted by molar-refractivity contribution is 7.87. The van der Waals surface area contributed by atoms with Crippen molar-refractivity contribution in [2.75, 3.05) is 19.8 Å². The fourth-order valence-electron chi connectivity index (χ4n) is 4.19. The molecule has 3 aromatic rings. The third-order valence-corrected chi connectivity index (χ3v) is 8.30. The number of primary amides is 1. The van der Waals surface area contributed by atoms with E-state index in [9.17, 15) is 13.8 Å². The first-order chi connectivity index (χ1) is 16.5. The quantitative estimate of drug-likeness (QED) is 0.343.